The standard InChI is InChI=1S/C11H13N3S/c1-3-8(12-5-1)11-13-7-9(14-11)10-4-2-6-15-10/h2,4,6-8,12H,1,3,5H2,(H,13,14)/t8-/m0/s1. The van der Waals surface area contributed by atoms with Crippen LogP contribution in [0, 0.1) is 0 Å². The highest BCUT2D eigenvalue weighted by molar-refractivity contribution is 7.13. The van der Waals surface area contributed by atoms with Crippen LogP contribution in [-0.2, 0) is 0 Å². The minimum Gasteiger partial charge on any atom is -0.340 e. The molecule has 1 aliphatic rings. The Morgan fingerprint density at radius 1 is 1.47 bits per heavy atom. The molecule has 3 heterocycles. The zero-order chi connectivity index (χ0) is 10.1. The van der Waals surface area contributed by atoms with Gasteiger partial charge in [0.25, 0.3) is 0 Å². The molecular formula is C11H13N3S. The average Bonchev–Trinajstić information content (AvgIpc) is 3.02. The Balaban J connectivity index is 1.87. The molecule has 0 bridgehead atoms. The summed E-state index contributed by atoms with van der Waals surface area (Å²) < 4.78 is 0. The van der Waals surface area contributed by atoms with Crippen LogP contribution in [0.1, 0.15) is 24.7 Å². The Morgan fingerprint density at radius 2 is 2.47 bits per heavy atom. The van der Waals surface area contributed by atoms with Crippen molar-refractivity contribution in [3.8, 4) is 10.6 Å². The fourth-order valence-corrected chi connectivity index (χ4v) is 2.68. The number of nitrogens with one attached hydrogen (secondary N) is 2. The molecule has 0 spiro atoms. The number of hydrogen-bond acceptors (Lipinski definition) is 3. The first-order valence-electron chi connectivity index (χ1n) is 5.25. The van der Waals surface area contributed by atoms with Crippen LogP contribution in [0.5, 0.6) is 0 Å². The number of thiophene rings is 1. The number of hydrogen-bond donors (Lipinski definition) is 2. The minimum absolute atomic E-state index is 0.429. The van der Waals surface area contributed by atoms with Crippen molar-refractivity contribution in [3.63, 3.8) is 0 Å². The third-order valence-corrected chi connectivity index (χ3v) is 3.68. The van der Waals surface area contributed by atoms with E-state index in [2.05, 4.69) is 32.8 Å². The Hall–Kier alpha value is -1.13. The quantitative estimate of drug-likeness (QED) is 0.815. The lowest BCUT2D eigenvalue weighted by Gasteiger charge is -2.04. The Kier molecular flexibility index (Phi) is 2.31. The number of aromatic nitrogens is 2. The summed E-state index contributed by atoms with van der Waals surface area (Å²) in [5.41, 5.74) is 1.13. The largest absolute Gasteiger partial charge is 0.340 e. The van der Waals surface area contributed by atoms with Crippen LogP contribution in [0.2, 0.25) is 0 Å². The van der Waals surface area contributed by atoms with Crippen molar-refractivity contribution in [3.05, 3.63) is 29.5 Å². The molecule has 15 heavy (non-hydrogen) atoms. The van der Waals surface area contributed by atoms with Crippen LogP contribution in [-0.4, -0.2) is 16.5 Å². The molecule has 3 nitrogen and oxygen atoms in total. The number of H-pyrrole nitrogens is 1. The molecule has 2 N–H and O–H groups in total. The molecule has 1 saturated heterocycles. The van der Waals surface area contributed by atoms with Gasteiger partial charge in [0.1, 0.15) is 5.82 Å². The SMILES string of the molecule is c1csc(-c2cnc([C@@H]3CCCN3)[nH]2)c1. The van der Waals surface area contributed by atoms with Gasteiger partial charge < -0.3 is 10.3 Å². The Bertz CT molecular complexity index is 426. The summed E-state index contributed by atoms with van der Waals surface area (Å²) in [4.78, 5) is 9.09. The van der Waals surface area contributed by atoms with Gasteiger partial charge in [-0.3, -0.25) is 0 Å². The number of imidazole rings is 1. The molecular weight excluding hydrogens is 206 g/mol. The fourth-order valence-electron chi connectivity index (χ4n) is 1.99. The lowest BCUT2D eigenvalue weighted by molar-refractivity contribution is 0.613. The minimum atomic E-state index is 0.429. The van der Waals surface area contributed by atoms with Crippen LogP contribution >= 0.6 is 11.3 Å². The monoisotopic (exact) mass is 219 g/mol. The maximum Gasteiger partial charge on any atom is 0.123 e. The number of nitrogens with zero attached hydrogens (tertiary/aromatic N) is 1. The lowest BCUT2D eigenvalue weighted by Crippen LogP contribution is -2.14. The van der Waals surface area contributed by atoms with Gasteiger partial charge in [-0.15, -0.1) is 11.3 Å². The summed E-state index contributed by atoms with van der Waals surface area (Å²) in [6, 6.07) is 4.61. The van der Waals surface area contributed by atoms with Gasteiger partial charge in [0.2, 0.25) is 0 Å². The van der Waals surface area contributed by atoms with E-state index in [0.717, 1.165) is 18.1 Å². The van der Waals surface area contributed by atoms with Crippen molar-refractivity contribution in [1.29, 1.82) is 0 Å². The maximum atomic E-state index is 4.44. The molecule has 2 aromatic rings. The van der Waals surface area contributed by atoms with Crippen molar-refractivity contribution < 1.29 is 0 Å². The van der Waals surface area contributed by atoms with Crippen molar-refractivity contribution in [2.24, 2.45) is 0 Å². The Labute approximate surface area is 92.6 Å². The summed E-state index contributed by atoms with van der Waals surface area (Å²) >= 11 is 1.74. The van der Waals surface area contributed by atoms with E-state index in [4.69, 9.17) is 0 Å². The zero-order valence-electron chi connectivity index (χ0n) is 8.36. The van der Waals surface area contributed by atoms with Crippen LogP contribution in [0.15, 0.2) is 23.7 Å². The lowest BCUT2D eigenvalue weighted by atomic mass is 10.2. The predicted octanol–water partition coefficient (Wildman–Crippen LogP) is 2.56. The van der Waals surface area contributed by atoms with Gasteiger partial charge in [0, 0.05) is 0 Å². The molecule has 3 rings (SSSR count). The molecule has 1 atom stereocenters. The number of aromatic amines is 1. The van der Waals surface area contributed by atoms with E-state index in [1.165, 1.54) is 17.7 Å². The summed E-state index contributed by atoms with van der Waals surface area (Å²) in [5, 5.41) is 5.53. The molecule has 4 heteroatoms. The van der Waals surface area contributed by atoms with E-state index in [1.807, 2.05) is 6.20 Å². The number of rotatable bonds is 2. The molecule has 1 aliphatic heterocycles. The molecule has 0 radical (unpaired) electrons. The summed E-state index contributed by atoms with van der Waals surface area (Å²) in [5.74, 6) is 1.08. The molecule has 1 fully saturated rings. The first-order chi connectivity index (χ1) is 7.43. The van der Waals surface area contributed by atoms with E-state index >= 15 is 0 Å². The average molecular weight is 219 g/mol. The van der Waals surface area contributed by atoms with Crippen molar-refractivity contribution >= 4 is 11.3 Å². The van der Waals surface area contributed by atoms with Gasteiger partial charge in [-0.1, -0.05) is 6.07 Å². The molecule has 0 aliphatic carbocycles. The van der Waals surface area contributed by atoms with Gasteiger partial charge in [-0.25, -0.2) is 4.98 Å². The normalized spacial score (nSPS) is 20.9. The van der Waals surface area contributed by atoms with E-state index < -0.39 is 0 Å². The summed E-state index contributed by atoms with van der Waals surface area (Å²) in [7, 11) is 0. The maximum absolute atomic E-state index is 4.44. The zero-order valence-corrected chi connectivity index (χ0v) is 9.18. The second kappa shape index (κ2) is 3.79. The second-order valence-electron chi connectivity index (χ2n) is 3.81. The first-order valence-corrected chi connectivity index (χ1v) is 6.13. The highest BCUT2D eigenvalue weighted by Gasteiger charge is 2.19. The van der Waals surface area contributed by atoms with Gasteiger partial charge in [0.15, 0.2) is 0 Å². The van der Waals surface area contributed by atoms with E-state index in [0.29, 0.717) is 6.04 Å². The molecule has 0 unspecified atom stereocenters. The molecule has 0 amide bonds. The summed E-state index contributed by atoms with van der Waals surface area (Å²) in [6.07, 6.45) is 4.37. The second-order valence-corrected chi connectivity index (χ2v) is 4.76. The summed E-state index contributed by atoms with van der Waals surface area (Å²) in [6.45, 7) is 1.11. The van der Waals surface area contributed by atoms with Gasteiger partial charge in [0.05, 0.1) is 22.8 Å². The predicted molar refractivity (Wildman–Crippen MR) is 61.9 cm³/mol. The van der Waals surface area contributed by atoms with Crippen LogP contribution < -0.4 is 5.32 Å². The molecule has 78 valence electrons. The smallest absolute Gasteiger partial charge is 0.123 e. The third-order valence-electron chi connectivity index (χ3n) is 2.77. The van der Waals surface area contributed by atoms with Crippen molar-refractivity contribution in [2.75, 3.05) is 6.54 Å². The van der Waals surface area contributed by atoms with Crippen molar-refractivity contribution in [2.45, 2.75) is 18.9 Å². The molecule has 0 aromatic carbocycles. The van der Waals surface area contributed by atoms with Crippen molar-refractivity contribution in [1.82, 2.24) is 15.3 Å². The van der Waals surface area contributed by atoms with Gasteiger partial charge in [-0.05, 0) is 30.8 Å². The van der Waals surface area contributed by atoms with Crippen LogP contribution in [0.25, 0.3) is 10.6 Å². The topological polar surface area (TPSA) is 40.7 Å². The molecule has 2 aromatic heterocycles. The fraction of sp³-hybridized carbons (Fsp3) is 0.364. The van der Waals surface area contributed by atoms with E-state index in [1.54, 1.807) is 11.3 Å². The van der Waals surface area contributed by atoms with Crippen LogP contribution in [0.3, 0.4) is 0 Å². The Morgan fingerprint density at radius 3 is 3.20 bits per heavy atom. The highest BCUT2D eigenvalue weighted by Crippen LogP contribution is 2.26. The van der Waals surface area contributed by atoms with E-state index in [-0.39, 0.29) is 0 Å². The van der Waals surface area contributed by atoms with Gasteiger partial charge in [-0.2, -0.15) is 0 Å². The molecule has 0 saturated carbocycles. The van der Waals surface area contributed by atoms with E-state index in [9.17, 15) is 0 Å². The highest BCUT2D eigenvalue weighted by atomic mass is 32.1. The van der Waals surface area contributed by atoms with Crippen LogP contribution in [0.4, 0.5) is 0 Å². The third kappa shape index (κ3) is 1.70. The first kappa shape index (κ1) is 9.12. The van der Waals surface area contributed by atoms with Gasteiger partial charge >= 0.3 is 0 Å².